The zero-order chi connectivity index (χ0) is 27.4. The van der Waals surface area contributed by atoms with E-state index in [-0.39, 0.29) is 56.2 Å². The maximum absolute atomic E-state index is 14.1. The number of halogens is 2. The molecule has 0 aromatic heterocycles. The van der Waals surface area contributed by atoms with E-state index in [9.17, 15) is 33.1 Å². The lowest BCUT2D eigenvalue weighted by Gasteiger charge is -2.21. The lowest BCUT2D eigenvalue weighted by molar-refractivity contribution is -0.145. The number of hydrogen-bond acceptors (Lipinski definition) is 6. The first kappa shape index (κ1) is 30.5. The topological polar surface area (TPSA) is 97.7 Å². The average molecular weight is 521 g/mol. The molecule has 1 aliphatic rings. The van der Waals surface area contributed by atoms with Crippen molar-refractivity contribution < 1.29 is 37.8 Å². The maximum atomic E-state index is 14.1. The van der Waals surface area contributed by atoms with Crippen LogP contribution in [0.15, 0.2) is 42.5 Å². The minimum absolute atomic E-state index is 0.0331. The largest absolute Gasteiger partial charge is 0.457 e. The minimum Gasteiger partial charge on any atom is -0.457 e. The average Bonchev–Trinajstić information content (AvgIpc) is 3.13. The van der Waals surface area contributed by atoms with Gasteiger partial charge in [0.05, 0.1) is 6.10 Å². The van der Waals surface area contributed by atoms with Crippen molar-refractivity contribution in [1.29, 1.82) is 0 Å². The Hall–Kier alpha value is -2.74. The first-order chi connectivity index (χ1) is 17.5. The fourth-order valence-corrected chi connectivity index (χ4v) is 4.46. The first-order valence-corrected chi connectivity index (χ1v) is 13.0. The zero-order valence-electron chi connectivity index (χ0n) is 21.7. The van der Waals surface area contributed by atoms with Crippen LogP contribution < -0.4 is 0 Å². The number of rotatable bonds is 16. The van der Waals surface area contributed by atoms with E-state index < -0.39 is 42.0 Å². The first-order valence-electron chi connectivity index (χ1n) is 13.0. The van der Waals surface area contributed by atoms with E-state index in [2.05, 4.69) is 0 Å². The Balaban J connectivity index is 1.71. The van der Waals surface area contributed by atoms with Crippen LogP contribution in [0.1, 0.15) is 82.0 Å². The number of alkyl halides is 2. The standard InChI is InChI=1S/C29H38F2O6/c1-20(2)16-17-29(30,31)27(35)15-14-23-22(24(32)18-25(23)33)12-8-3-4-9-13-28(36)37-19-26(34)21-10-6-5-7-11-21/h3,5-8,10-11,20,22-23,25,33H,4,9,12-19H2,1-2H3/t22-,23-,25-/m1/s1. The SMILES string of the molecule is CC(C)CCC(F)(F)C(=O)CC[C@H]1[C@H](O)CC(=O)[C@@H]1CC=CCCCC(=O)OCC(=O)c1ccccc1. The molecule has 0 saturated heterocycles. The second-order valence-electron chi connectivity index (χ2n) is 10.2. The zero-order valence-corrected chi connectivity index (χ0v) is 21.7. The molecule has 1 aromatic carbocycles. The Labute approximate surface area is 217 Å². The number of ether oxygens (including phenoxy) is 1. The summed E-state index contributed by atoms with van der Waals surface area (Å²) in [5.41, 5.74) is 0.479. The number of aliphatic hydroxyl groups is 1. The van der Waals surface area contributed by atoms with Gasteiger partial charge in [0, 0.05) is 37.2 Å². The number of allylic oxidation sites excluding steroid dienone is 2. The number of Topliss-reactive ketones (excluding diaryl/α,β-unsaturated/α-hetero) is 3. The van der Waals surface area contributed by atoms with Crippen LogP contribution in [-0.4, -0.2) is 47.1 Å². The van der Waals surface area contributed by atoms with Gasteiger partial charge in [-0.05, 0) is 43.9 Å². The number of aliphatic hydroxyl groups excluding tert-OH is 1. The van der Waals surface area contributed by atoms with Crippen LogP contribution in [0.5, 0.6) is 0 Å². The fourth-order valence-electron chi connectivity index (χ4n) is 4.46. The van der Waals surface area contributed by atoms with Crippen LogP contribution in [0.2, 0.25) is 0 Å². The molecule has 0 aliphatic heterocycles. The monoisotopic (exact) mass is 520 g/mol. The molecule has 1 saturated carbocycles. The number of carbonyl (C=O) groups excluding carboxylic acids is 4. The van der Waals surface area contributed by atoms with Gasteiger partial charge in [-0.25, -0.2) is 0 Å². The van der Waals surface area contributed by atoms with Gasteiger partial charge in [-0.1, -0.05) is 56.3 Å². The van der Waals surface area contributed by atoms with Gasteiger partial charge in [-0.3, -0.25) is 19.2 Å². The summed E-state index contributed by atoms with van der Waals surface area (Å²) in [6.07, 6.45) is 3.63. The molecule has 1 N–H and O–H groups in total. The second kappa shape index (κ2) is 14.9. The van der Waals surface area contributed by atoms with Crippen molar-refractivity contribution in [2.45, 2.75) is 83.7 Å². The minimum atomic E-state index is -3.39. The lowest BCUT2D eigenvalue weighted by atomic mass is 9.86. The summed E-state index contributed by atoms with van der Waals surface area (Å²) < 4.78 is 33.3. The van der Waals surface area contributed by atoms with Gasteiger partial charge in [0.2, 0.25) is 5.78 Å². The summed E-state index contributed by atoms with van der Waals surface area (Å²) >= 11 is 0. The molecule has 0 spiro atoms. The van der Waals surface area contributed by atoms with Crippen molar-refractivity contribution in [3.05, 3.63) is 48.0 Å². The number of hydrogen-bond donors (Lipinski definition) is 1. The predicted octanol–water partition coefficient (Wildman–Crippen LogP) is 5.52. The summed E-state index contributed by atoms with van der Waals surface area (Å²) in [5.74, 6) is -6.37. The maximum Gasteiger partial charge on any atom is 0.306 e. The molecule has 3 atom stereocenters. The van der Waals surface area contributed by atoms with Gasteiger partial charge in [-0.2, -0.15) is 8.78 Å². The Morgan fingerprint density at radius 2 is 1.84 bits per heavy atom. The smallest absolute Gasteiger partial charge is 0.306 e. The molecule has 8 heteroatoms. The fraction of sp³-hybridized carbons (Fsp3) is 0.586. The molecule has 1 aromatic rings. The molecule has 0 unspecified atom stereocenters. The molecule has 0 radical (unpaired) electrons. The van der Waals surface area contributed by atoms with Crippen molar-refractivity contribution in [3.63, 3.8) is 0 Å². The summed E-state index contributed by atoms with van der Waals surface area (Å²) in [7, 11) is 0. The third-order valence-corrected chi connectivity index (χ3v) is 6.75. The van der Waals surface area contributed by atoms with E-state index in [0.717, 1.165) is 0 Å². The predicted molar refractivity (Wildman–Crippen MR) is 135 cm³/mol. The van der Waals surface area contributed by atoms with E-state index in [4.69, 9.17) is 4.74 Å². The molecule has 1 aliphatic carbocycles. The Morgan fingerprint density at radius 1 is 1.14 bits per heavy atom. The molecular weight excluding hydrogens is 482 g/mol. The van der Waals surface area contributed by atoms with Crippen LogP contribution in [0, 0.1) is 17.8 Å². The van der Waals surface area contributed by atoms with Crippen LogP contribution in [0.3, 0.4) is 0 Å². The molecule has 0 heterocycles. The third kappa shape index (κ3) is 10.3. The number of carbonyl (C=O) groups is 4. The van der Waals surface area contributed by atoms with Crippen molar-refractivity contribution >= 4 is 23.3 Å². The molecule has 37 heavy (non-hydrogen) atoms. The van der Waals surface area contributed by atoms with Gasteiger partial charge in [0.25, 0.3) is 0 Å². The van der Waals surface area contributed by atoms with Gasteiger partial charge in [0.15, 0.2) is 12.4 Å². The van der Waals surface area contributed by atoms with Gasteiger partial charge in [0.1, 0.15) is 5.78 Å². The molecule has 0 bridgehead atoms. The van der Waals surface area contributed by atoms with E-state index in [1.165, 1.54) is 0 Å². The van der Waals surface area contributed by atoms with E-state index in [1.54, 1.807) is 36.4 Å². The molecule has 1 fully saturated rings. The molecule has 0 amide bonds. The molecule has 6 nitrogen and oxygen atoms in total. The van der Waals surface area contributed by atoms with E-state index in [0.29, 0.717) is 24.8 Å². The highest BCUT2D eigenvalue weighted by Gasteiger charge is 2.43. The number of ketones is 3. The number of esters is 1. The summed E-state index contributed by atoms with van der Waals surface area (Å²) in [6.45, 7) is 3.33. The van der Waals surface area contributed by atoms with Gasteiger partial charge < -0.3 is 9.84 Å². The number of benzene rings is 1. The van der Waals surface area contributed by atoms with Crippen molar-refractivity contribution in [2.24, 2.45) is 17.8 Å². The van der Waals surface area contributed by atoms with Crippen LogP contribution in [0.25, 0.3) is 0 Å². The second-order valence-corrected chi connectivity index (χ2v) is 10.2. The van der Waals surface area contributed by atoms with Crippen LogP contribution >= 0.6 is 0 Å². The van der Waals surface area contributed by atoms with Crippen molar-refractivity contribution in [1.82, 2.24) is 0 Å². The Morgan fingerprint density at radius 3 is 2.51 bits per heavy atom. The third-order valence-electron chi connectivity index (χ3n) is 6.75. The van der Waals surface area contributed by atoms with Crippen LogP contribution in [-0.2, 0) is 19.1 Å². The summed E-state index contributed by atoms with van der Waals surface area (Å²) in [4.78, 5) is 48.2. The quantitative estimate of drug-likeness (QED) is 0.133. The highest BCUT2D eigenvalue weighted by atomic mass is 19.3. The van der Waals surface area contributed by atoms with Gasteiger partial charge >= 0.3 is 11.9 Å². The Kier molecular flexibility index (Phi) is 12.2. The van der Waals surface area contributed by atoms with Crippen LogP contribution in [0.4, 0.5) is 8.78 Å². The molecule has 2 rings (SSSR count). The lowest BCUT2D eigenvalue weighted by Crippen LogP contribution is -2.30. The van der Waals surface area contributed by atoms with E-state index >= 15 is 0 Å². The van der Waals surface area contributed by atoms with E-state index in [1.807, 2.05) is 19.9 Å². The Bertz CT molecular complexity index is 941. The molecule has 204 valence electrons. The summed E-state index contributed by atoms with van der Waals surface area (Å²) in [6, 6.07) is 8.56. The van der Waals surface area contributed by atoms with Crippen molar-refractivity contribution in [3.8, 4) is 0 Å². The van der Waals surface area contributed by atoms with Crippen molar-refractivity contribution in [2.75, 3.05) is 6.61 Å². The summed E-state index contributed by atoms with van der Waals surface area (Å²) in [5, 5.41) is 10.3. The highest BCUT2D eigenvalue weighted by Crippen LogP contribution is 2.36. The number of unbranched alkanes of at least 4 members (excludes halogenated alkanes) is 1. The molecular formula is C29H38F2O6. The van der Waals surface area contributed by atoms with Gasteiger partial charge in [-0.15, -0.1) is 0 Å². The highest BCUT2D eigenvalue weighted by molar-refractivity contribution is 5.97. The normalized spacial score (nSPS) is 20.1.